The van der Waals surface area contributed by atoms with Gasteiger partial charge in [-0.3, -0.25) is 0 Å². The van der Waals surface area contributed by atoms with Crippen LogP contribution < -0.4 is 5.11 Å². The molecule has 0 aliphatic rings. The molecule has 0 saturated carbocycles. The average molecular weight is 410 g/mol. The van der Waals surface area contributed by atoms with Gasteiger partial charge in [-0.1, -0.05) is 110 Å². The molecule has 0 unspecified atom stereocenters. The maximum atomic E-state index is 10.2. The highest BCUT2D eigenvalue weighted by atomic mass is 16.4. The van der Waals surface area contributed by atoms with Gasteiger partial charge in [0.2, 0.25) is 0 Å². The van der Waals surface area contributed by atoms with Crippen molar-refractivity contribution in [2.45, 2.75) is 110 Å². The van der Waals surface area contributed by atoms with Gasteiger partial charge in [0.05, 0.1) is 27.2 Å². The van der Waals surface area contributed by atoms with Crippen LogP contribution in [0.1, 0.15) is 110 Å². The molecule has 0 heterocycles. The van der Waals surface area contributed by atoms with E-state index in [2.05, 4.69) is 34.2 Å². The fraction of sp³-hybridized carbons (Fsp3) is 0.808. The van der Waals surface area contributed by atoms with E-state index in [0.29, 0.717) is 0 Å². The largest absolute Gasteiger partial charge is 0.550 e. The summed E-state index contributed by atoms with van der Waals surface area (Å²) in [5.74, 6) is -0.903. The first-order chi connectivity index (χ1) is 13.9. The minimum atomic E-state index is -0.903. The van der Waals surface area contributed by atoms with E-state index in [4.69, 9.17) is 0 Å². The van der Waals surface area contributed by atoms with Crippen LogP contribution in [0.2, 0.25) is 0 Å². The second kappa shape index (κ2) is 23.2. The molecule has 172 valence electrons. The second-order valence-electron chi connectivity index (χ2n) is 8.95. The maximum absolute atomic E-state index is 10.2. The third kappa shape index (κ3) is 29.2. The lowest BCUT2D eigenvalue weighted by Crippen LogP contribution is -2.39. The van der Waals surface area contributed by atoms with E-state index in [0.717, 1.165) is 30.4 Å². The van der Waals surface area contributed by atoms with E-state index in [-0.39, 0.29) is 6.42 Å². The molecule has 0 rings (SSSR count). The molecule has 0 amide bonds. The van der Waals surface area contributed by atoms with Gasteiger partial charge in [0.25, 0.3) is 0 Å². The summed E-state index contributed by atoms with van der Waals surface area (Å²) in [6.45, 7) is 11.6. The highest BCUT2D eigenvalue weighted by Gasteiger charge is 2.07. The molecule has 0 bridgehead atoms. The molecular weight excluding hydrogens is 358 g/mol. The Hall–Kier alpha value is -1.09. The van der Waals surface area contributed by atoms with E-state index in [1.54, 1.807) is 0 Å². The molecule has 0 aromatic carbocycles. The fourth-order valence-corrected chi connectivity index (χ4v) is 3.41. The minimum Gasteiger partial charge on any atom is -0.550 e. The number of carbonyl (C=O) groups excluding carboxylic acids is 1. The van der Waals surface area contributed by atoms with Gasteiger partial charge in [0.15, 0.2) is 0 Å². The number of hydrogen-bond acceptors (Lipinski definition) is 2. The van der Waals surface area contributed by atoms with E-state index in [9.17, 15) is 9.90 Å². The number of carbonyl (C=O) groups is 1. The molecule has 0 saturated heterocycles. The maximum Gasteiger partial charge on any atom is 0.0969 e. The first-order valence-electron chi connectivity index (χ1n) is 12.1. The quantitative estimate of drug-likeness (QED) is 0.132. The standard InChI is InChI=1S/C18H36O2.C8H16N/c1-2-3-4-5-6-7-8-9-10-11-12-13-14-15-16-17-18(19)20;1-5-7-9(3,4)8-6-2/h2-17H2,1H3,(H,19,20);5-6H,1-2,7-8H2,3-4H3/q;+1/p-1. The summed E-state index contributed by atoms with van der Waals surface area (Å²) in [5, 5.41) is 10.2. The zero-order chi connectivity index (χ0) is 22.2. The molecule has 0 N–H and O–H groups in total. The molecule has 0 aliphatic carbocycles. The molecule has 0 fully saturated rings. The summed E-state index contributed by atoms with van der Waals surface area (Å²) in [6, 6.07) is 0. The number of carboxylic acid groups (broad SMARTS) is 1. The Labute approximate surface area is 182 Å². The molecule has 0 aromatic heterocycles. The Morgan fingerprint density at radius 3 is 1.28 bits per heavy atom. The predicted octanol–water partition coefficient (Wildman–Crippen LogP) is 6.43. The van der Waals surface area contributed by atoms with Crippen molar-refractivity contribution < 1.29 is 14.4 Å². The van der Waals surface area contributed by atoms with Crippen molar-refractivity contribution >= 4 is 5.97 Å². The number of likely N-dealkylation sites (N-methyl/N-ethyl adjacent to an activating group) is 1. The molecule has 0 atom stereocenters. The molecular formula is C26H51NO2. The fourth-order valence-electron chi connectivity index (χ4n) is 3.41. The molecule has 29 heavy (non-hydrogen) atoms. The Kier molecular flexibility index (Phi) is 24.1. The third-order valence-electron chi connectivity index (χ3n) is 5.23. The molecule has 3 heteroatoms. The highest BCUT2D eigenvalue weighted by Crippen LogP contribution is 2.13. The van der Waals surface area contributed by atoms with E-state index >= 15 is 0 Å². The van der Waals surface area contributed by atoms with Gasteiger partial charge in [0, 0.05) is 5.97 Å². The van der Waals surface area contributed by atoms with Crippen LogP contribution in [0.4, 0.5) is 0 Å². The van der Waals surface area contributed by atoms with Crippen molar-refractivity contribution in [1.82, 2.24) is 0 Å². The SMILES string of the molecule is C=CC[N+](C)(C)CC=C.CCCCCCCCCCCCCCCCCC(=O)[O-]. The average Bonchev–Trinajstić information content (AvgIpc) is 2.65. The number of carboxylic acids is 1. The predicted molar refractivity (Wildman–Crippen MR) is 127 cm³/mol. The number of quaternary nitrogens is 1. The van der Waals surface area contributed by atoms with Crippen LogP contribution in [0.15, 0.2) is 25.3 Å². The zero-order valence-corrected chi connectivity index (χ0v) is 20.1. The topological polar surface area (TPSA) is 40.1 Å². The molecule has 3 nitrogen and oxygen atoms in total. The van der Waals surface area contributed by atoms with E-state index in [1.165, 1.54) is 83.5 Å². The molecule has 0 aliphatic heterocycles. The Morgan fingerprint density at radius 1 is 0.690 bits per heavy atom. The summed E-state index contributed by atoms with van der Waals surface area (Å²) >= 11 is 0. The Morgan fingerprint density at radius 2 is 1.00 bits per heavy atom. The van der Waals surface area contributed by atoms with Crippen molar-refractivity contribution in [3.05, 3.63) is 25.3 Å². The lowest BCUT2D eigenvalue weighted by Gasteiger charge is -2.26. The number of aliphatic carboxylic acids is 1. The first-order valence-corrected chi connectivity index (χ1v) is 12.1. The van der Waals surface area contributed by atoms with Crippen molar-refractivity contribution in [3.8, 4) is 0 Å². The molecule has 0 radical (unpaired) electrons. The smallest absolute Gasteiger partial charge is 0.0969 e. The highest BCUT2D eigenvalue weighted by molar-refractivity contribution is 5.63. The van der Waals surface area contributed by atoms with Crippen LogP contribution in [0.25, 0.3) is 0 Å². The second-order valence-corrected chi connectivity index (χ2v) is 8.95. The van der Waals surface area contributed by atoms with Crippen LogP contribution in [0, 0.1) is 0 Å². The lowest BCUT2D eigenvalue weighted by atomic mass is 10.0. The van der Waals surface area contributed by atoms with Gasteiger partial charge in [-0.2, -0.15) is 0 Å². The van der Waals surface area contributed by atoms with Gasteiger partial charge in [-0.25, -0.2) is 0 Å². The van der Waals surface area contributed by atoms with Crippen molar-refractivity contribution in [2.75, 3.05) is 27.2 Å². The van der Waals surface area contributed by atoms with Crippen LogP contribution in [-0.2, 0) is 4.79 Å². The molecule has 0 aromatic rings. The van der Waals surface area contributed by atoms with E-state index in [1.807, 2.05) is 12.2 Å². The number of hydrogen-bond donors (Lipinski definition) is 0. The summed E-state index contributed by atoms with van der Waals surface area (Å²) in [6.07, 6.45) is 23.7. The van der Waals surface area contributed by atoms with Gasteiger partial charge < -0.3 is 14.4 Å². The van der Waals surface area contributed by atoms with Crippen molar-refractivity contribution in [2.24, 2.45) is 0 Å². The van der Waals surface area contributed by atoms with Crippen LogP contribution >= 0.6 is 0 Å². The van der Waals surface area contributed by atoms with Gasteiger partial charge in [0.1, 0.15) is 0 Å². The Balaban J connectivity index is 0. The van der Waals surface area contributed by atoms with Crippen molar-refractivity contribution in [1.29, 1.82) is 0 Å². The van der Waals surface area contributed by atoms with Gasteiger partial charge in [-0.15, -0.1) is 0 Å². The van der Waals surface area contributed by atoms with Gasteiger partial charge in [-0.05, 0) is 25.0 Å². The van der Waals surface area contributed by atoms with Crippen LogP contribution in [0.3, 0.4) is 0 Å². The number of unbranched alkanes of at least 4 members (excludes halogenated alkanes) is 14. The lowest BCUT2D eigenvalue weighted by molar-refractivity contribution is -0.878. The number of nitrogens with zero attached hydrogens (tertiary/aromatic N) is 1. The molecule has 0 spiro atoms. The van der Waals surface area contributed by atoms with Crippen molar-refractivity contribution in [3.63, 3.8) is 0 Å². The summed E-state index contributed by atoms with van der Waals surface area (Å²) in [4.78, 5) is 10.2. The summed E-state index contributed by atoms with van der Waals surface area (Å²) in [5.41, 5.74) is 0. The normalized spacial score (nSPS) is 10.9. The summed E-state index contributed by atoms with van der Waals surface area (Å²) in [7, 11) is 4.31. The van der Waals surface area contributed by atoms with Crippen LogP contribution in [0.5, 0.6) is 0 Å². The minimum absolute atomic E-state index is 0.234. The summed E-state index contributed by atoms with van der Waals surface area (Å²) < 4.78 is 0.951. The Bertz CT molecular complexity index is 365. The number of rotatable bonds is 20. The zero-order valence-electron chi connectivity index (χ0n) is 20.1. The monoisotopic (exact) mass is 409 g/mol. The van der Waals surface area contributed by atoms with Gasteiger partial charge >= 0.3 is 0 Å². The van der Waals surface area contributed by atoms with E-state index < -0.39 is 5.97 Å². The third-order valence-corrected chi connectivity index (χ3v) is 5.23. The first kappa shape index (κ1) is 30.1. The van der Waals surface area contributed by atoms with Crippen LogP contribution in [-0.4, -0.2) is 37.6 Å².